The zero-order valence-electron chi connectivity index (χ0n) is 16.3. The first-order chi connectivity index (χ1) is 15.0. The number of carbonyl (C=O) groups is 2. The number of nitrogens with zero attached hydrogens (tertiary/aromatic N) is 1. The van der Waals surface area contributed by atoms with Crippen molar-refractivity contribution >= 4 is 46.4 Å². The van der Waals surface area contributed by atoms with Crippen LogP contribution in [-0.4, -0.2) is 18.9 Å². The summed E-state index contributed by atoms with van der Waals surface area (Å²) in [6.45, 7) is 0. The van der Waals surface area contributed by atoms with Gasteiger partial charge in [-0.15, -0.1) is 0 Å². The van der Waals surface area contributed by atoms with E-state index < -0.39 is 11.8 Å². The minimum absolute atomic E-state index is 0.0301. The number of anilines is 2. The smallest absolute Gasteiger partial charge is 0.283 e. The third kappa shape index (κ3) is 4.21. The van der Waals surface area contributed by atoms with Gasteiger partial charge in [0.15, 0.2) is 0 Å². The molecule has 3 aromatic carbocycles. The van der Waals surface area contributed by atoms with E-state index in [9.17, 15) is 9.59 Å². The number of nitrogens with one attached hydrogen (secondary N) is 1. The molecule has 3 aromatic rings. The largest absolute Gasteiger partial charge is 0.495 e. The summed E-state index contributed by atoms with van der Waals surface area (Å²) in [4.78, 5) is 26.6. The van der Waals surface area contributed by atoms with E-state index in [1.54, 1.807) is 42.5 Å². The molecule has 0 aromatic heterocycles. The molecular weight excluding hydrogens is 439 g/mol. The highest BCUT2D eigenvalue weighted by atomic mass is 35.5. The van der Waals surface area contributed by atoms with Gasteiger partial charge in [-0.25, -0.2) is 4.90 Å². The lowest BCUT2D eigenvalue weighted by molar-refractivity contribution is -0.120. The summed E-state index contributed by atoms with van der Waals surface area (Å²) in [7, 11) is 1.50. The Morgan fingerprint density at radius 3 is 2.16 bits per heavy atom. The van der Waals surface area contributed by atoms with Gasteiger partial charge < -0.3 is 14.8 Å². The second-order valence-electron chi connectivity index (χ2n) is 6.52. The fourth-order valence-corrected chi connectivity index (χ4v) is 3.49. The summed E-state index contributed by atoms with van der Waals surface area (Å²) in [6.07, 6.45) is 0. The number of methoxy groups -OCH3 is 1. The van der Waals surface area contributed by atoms with Crippen LogP contribution in [0.2, 0.25) is 5.02 Å². The molecule has 1 aliphatic rings. The Morgan fingerprint density at radius 1 is 0.839 bits per heavy atom. The first-order valence-electron chi connectivity index (χ1n) is 9.20. The van der Waals surface area contributed by atoms with Crippen LogP contribution in [0, 0.1) is 0 Å². The van der Waals surface area contributed by atoms with E-state index in [2.05, 4.69) is 5.32 Å². The summed E-state index contributed by atoms with van der Waals surface area (Å²) in [5, 5.41) is 3.02. The molecule has 0 aliphatic carbocycles. The molecule has 0 bridgehead atoms. The maximum Gasteiger partial charge on any atom is 0.283 e. The van der Waals surface area contributed by atoms with Gasteiger partial charge in [0.25, 0.3) is 11.8 Å². The van der Waals surface area contributed by atoms with Gasteiger partial charge in [-0.05, 0) is 54.6 Å². The highest BCUT2D eigenvalue weighted by molar-refractivity contribution is 6.53. The summed E-state index contributed by atoms with van der Waals surface area (Å²) in [6, 6.07) is 20.7. The van der Waals surface area contributed by atoms with Crippen LogP contribution in [0.3, 0.4) is 0 Å². The third-order valence-electron chi connectivity index (χ3n) is 4.52. The van der Waals surface area contributed by atoms with Crippen molar-refractivity contribution in [2.75, 3.05) is 17.3 Å². The summed E-state index contributed by atoms with van der Waals surface area (Å²) < 4.78 is 10.9. The van der Waals surface area contributed by atoms with E-state index >= 15 is 0 Å². The van der Waals surface area contributed by atoms with Gasteiger partial charge in [-0.2, -0.15) is 0 Å². The Hall–Kier alpha value is -3.48. The SMILES string of the molecule is COc1ccc(NC2=C(Cl)C(=O)N(c3ccc(Oc4ccccc4)cc3)C2=O)cc1Cl. The van der Waals surface area contributed by atoms with E-state index in [1.165, 1.54) is 7.11 Å². The minimum Gasteiger partial charge on any atom is -0.495 e. The van der Waals surface area contributed by atoms with E-state index in [4.69, 9.17) is 32.7 Å². The lowest BCUT2D eigenvalue weighted by Gasteiger charge is -2.16. The Balaban J connectivity index is 1.52. The predicted octanol–water partition coefficient (Wildman–Crippen LogP) is 5.58. The van der Waals surface area contributed by atoms with Crippen LogP contribution in [0.5, 0.6) is 17.2 Å². The lowest BCUT2D eigenvalue weighted by atomic mass is 10.2. The molecule has 8 heteroatoms. The quantitative estimate of drug-likeness (QED) is 0.492. The fraction of sp³-hybridized carbons (Fsp3) is 0.0435. The highest BCUT2D eigenvalue weighted by Crippen LogP contribution is 2.33. The average molecular weight is 455 g/mol. The fourth-order valence-electron chi connectivity index (χ4n) is 3.02. The van der Waals surface area contributed by atoms with Crippen LogP contribution in [0.4, 0.5) is 11.4 Å². The van der Waals surface area contributed by atoms with Gasteiger partial charge in [0.2, 0.25) is 0 Å². The van der Waals surface area contributed by atoms with E-state index in [0.29, 0.717) is 33.6 Å². The molecule has 0 radical (unpaired) electrons. The molecular formula is C23H16Cl2N2O4. The number of rotatable bonds is 6. The van der Waals surface area contributed by atoms with Gasteiger partial charge in [0.05, 0.1) is 17.8 Å². The minimum atomic E-state index is -0.620. The molecule has 1 heterocycles. The molecule has 31 heavy (non-hydrogen) atoms. The molecule has 0 fully saturated rings. The molecule has 0 saturated heterocycles. The number of para-hydroxylation sites is 1. The maximum absolute atomic E-state index is 12.9. The zero-order chi connectivity index (χ0) is 22.0. The number of hydrogen-bond acceptors (Lipinski definition) is 5. The Kier molecular flexibility index (Phi) is 5.84. The van der Waals surface area contributed by atoms with Crippen molar-refractivity contribution in [3.8, 4) is 17.2 Å². The number of hydrogen-bond donors (Lipinski definition) is 1. The van der Waals surface area contributed by atoms with E-state index in [0.717, 1.165) is 4.90 Å². The van der Waals surface area contributed by atoms with Gasteiger partial charge in [-0.1, -0.05) is 41.4 Å². The van der Waals surface area contributed by atoms with Crippen LogP contribution in [-0.2, 0) is 9.59 Å². The second-order valence-corrected chi connectivity index (χ2v) is 7.30. The van der Waals surface area contributed by atoms with Gasteiger partial charge >= 0.3 is 0 Å². The van der Waals surface area contributed by atoms with Gasteiger partial charge in [0, 0.05) is 5.69 Å². The van der Waals surface area contributed by atoms with Crippen molar-refractivity contribution in [2.24, 2.45) is 0 Å². The average Bonchev–Trinajstić information content (AvgIpc) is 2.98. The molecule has 4 rings (SSSR count). The number of carbonyl (C=O) groups excluding carboxylic acids is 2. The van der Waals surface area contributed by atoms with Crippen molar-refractivity contribution in [1.29, 1.82) is 0 Å². The molecule has 156 valence electrons. The summed E-state index contributed by atoms with van der Waals surface area (Å²) in [5.41, 5.74) is 0.837. The van der Waals surface area contributed by atoms with Gasteiger partial charge in [0.1, 0.15) is 28.0 Å². The molecule has 0 spiro atoms. The van der Waals surface area contributed by atoms with Crippen LogP contribution < -0.4 is 19.7 Å². The molecule has 2 amide bonds. The maximum atomic E-state index is 12.9. The molecule has 6 nitrogen and oxygen atoms in total. The van der Waals surface area contributed by atoms with Crippen molar-refractivity contribution < 1.29 is 19.1 Å². The van der Waals surface area contributed by atoms with Crippen molar-refractivity contribution in [3.63, 3.8) is 0 Å². The van der Waals surface area contributed by atoms with E-state index in [-0.39, 0.29) is 10.7 Å². The monoisotopic (exact) mass is 454 g/mol. The van der Waals surface area contributed by atoms with E-state index in [1.807, 2.05) is 30.3 Å². The molecule has 0 saturated carbocycles. The Morgan fingerprint density at radius 2 is 1.52 bits per heavy atom. The van der Waals surface area contributed by atoms with Crippen molar-refractivity contribution in [1.82, 2.24) is 0 Å². The van der Waals surface area contributed by atoms with Crippen molar-refractivity contribution in [3.05, 3.63) is 88.5 Å². The lowest BCUT2D eigenvalue weighted by Crippen LogP contribution is -2.32. The number of amides is 2. The first kappa shape index (κ1) is 20.8. The number of benzene rings is 3. The van der Waals surface area contributed by atoms with Crippen LogP contribution in [0.25, 0.3) is 0 Å². The topological polar surface area (TPSA) is 67.9 Å². The van der Waals surface area contributed by atoms with Crippen LogP contribution >= 0.6 is 23.2 Å². The predicted molar refractivity (Wildman–Crippen MR) is 120 cm³/mol. The number of imide groups is 1. The number of halogens is 2. The zero-order valence-corrected chi connectivity index (χ0v) is 17.8. The summed E-state index contributed by atoms with van der Waals surface area (Å²) >= 11 is 12.3. The molecule has 1 N–H and O–H groups in total. The molecule has 1 aliphatic heterocycles. The Bertz CT molecular complexity index is 1180. The second kappa shape index (κ2) is 8.71. The van der Waals surface area contributed by atoms with Crippen LogP contribution in [0.15, 0.2) is 83.5 Å². The van der Waals surface area contributed by atoms with Crippen LogP contribution in [0.1, 0.15) is 0 Å². The Labute approximate surface area is 188 Å². The first-order valence-corrected chi connectivity index (χ1v) is 9.95. The third-order valence-corrected chi connectivity index (χ3v) is 5.17. The van der Waals surface area contributed by atoms with Gasteiger partial charge in [-0.3, -0.25) is 9.59 Å². The van der Waals surface area contributed by atoms with Crippen molar-refractivity contribution in [2.45, 2.75) is 0 Å². The number of ether oxygens (including phenoxy) is 2. The molecule has 0 unspecified atom stereocenters. The summed E-state index contributed by atoms with van der Waals surface area (Å²) in [5.74, 6) is 0.543. The normalized spacial score (nSPS) is 13.6. The highest BCUT2D eigenvalue weighted by Gasteiger charge is 2.39. The molecule has 0 atom stereocenters. The standard InChI is InChI=1S/C23H16Cl2N2O4/c1-30-19-12-7-14(13-18(19)24)26-21-20(25)22(28)27(23(21)29)15-8-10-17(11-9-15)31-16-5-3-2-4-6-16/h2-13,26H,1H3.